The molecular weight excluding hydrogens is 334 g/mol. The number of aromatic nitrogens is 2. The quantitative estimate of drug-likeness (QED) is 0.634. The van der Waals surface area contributed by atoms with Crippen LogP contribution in [-0.4, -0.2) is 40.9 Å². The molecule has 3 rings (SSSR count). The second-order valence-electron chi connectivity index (χ2n) is 6.41. The summed E-state index contributed by atoms with van der Waals surface area (Å²) >= 11 is 1.53. The van der Waals surface area contributed by atoms with E-state index in [-0.39, 0.29) is 5.91 Å². The van der Waals surface area contributed by atoms with Crippen LogP contribution in [0.5, 0.6) is 5.75 Å². The van der Waals surface area contributed by atoms with Gasteiger partial charge in [0.15, 0.2) is 0 Å². The number of methoxy groups -OCH3 is 1. The highest BCUT2D eigenvalue weighted by atomic mass is 32.2. The van der Waals surface area contributed by atoms with Crippen LogP contribution < -0.4 is 4.74 Å². The van der Waals surface area contributed by atoms with Crippen molar-refractivity contribution in [3.63, 3.8) is 0 Å². The fourth-order valence-corrected chi connectivity index (χ4v) is 4.00. The Kier molecular flexibility index (Phi) is 6.02. The minimum atomic E-state index is 0.109. The van der Waals surface area contributed by atoms with Crippen LogP contribution in [0.25, 0.3) is 0 Å². The molecule has 1 aliphatic carbocycles. The van der Waals surface area contributed by atoms with Gasteiger partial charge in [-0.2, -0.15) is 5.10 Å². The lowest BCUT2D eigenvalue weighted by atomic mass is 10.1. The van der Waals surface area contributed by atoms with E-state index >= 15 is 0 Å². The lowest BCUT2D eigenvalue weighted by Gasteiger charge is -2.16. The zero-order chi connectivity index (χ0) is 17.6. The van der Waals surface area contributed by atoms with Crippen molar-refractivity contribution in [2.75, 3.05) is 19.9 Å². The van der Waals surface area contributed by atoms with Gasteiger partial charge in [-0.15, -0.1) is 11.8 Å². The van der Waals surface area contributed by atoms with Gasteiger partial charge in [0.25, 0.3) is 0 Å². The summed E-state index contributed by atoms with van der Waals surface area (Å²) in [4.78, 5) is 15.3. The van der Waals surface area contributed by atoms with Crippen molar-refractivity contribution in [2.45, 2.75) is 43.5 Å². The van der Waals surface area contributed by atoms with Gasteiger partial charge >= 0.3 is 0 Å². The Bertz CT molecular complexity index is 729. The van der Waals surface area contributed by atoms with Crippen molar-refractivity contribution >= 4 is 17.7 Å². The molecule has 0 radical (unpaired) electrons. The number of aryl methyl sites for hydroxylation is 1. The van der Waals surface area contributed by atoms with Crippen molar-refractivity contribution in [2.24, 2.45) is 0 Å². The molecule has 1 aromatic heterocycles. The van der Waals surface area contributed by atoms with Gasteiger partial charge in [-0.3, -0.25) is 9.89 Å². The maximum Gasteiger partial charge on any atom is 0.233 e. The van der Waals surface area contributed by atoms with Crippen LogP contribution in [0.3, 0.4) is 0 Å². The fraction of sp³-hybridized carbons (Fsp3) is 0.474. The molecule has 0 saturated carbocycles. The first-order valence-corrected chi connectivity index (χ1v) is 9.71. The Morgan fingerprint density at radius 1 is 1.32 bits per heavy atom. The van der Waals surface area contributed by atoms with E-state index in [1.54, 1.807) is 12.0 Å². The molecule has 5 nitrogen and oxygen atoms in total. The highest BCUT2D eigenvalue weighted by Gasteiger charge is 2.18. The number of fused-ring (bicyclic) bond motifs is 1. The molecule has 25 heavy (non-hydrogen) atoms. The minimum Gasteiger partial charge on any atom is -0.497 e. The van der Waals surface area contributed by atoms with Crippen LogP contribution in [0.4, 0.5) is 0 Å². The van der Waals surface area contributed by atoms with Crippen LogP contribution in [0.1, 0.15) is 36.2 Å². The molecule has 0 fully saturated rings. The molecule has 2 aromatic rings. The highest BCUT2D eigenvalue weighted by molar-refractivity contribution is 8.00. The van der Waals surface area contributed by atoms with Gasteiger partial charge in [0.05, 0.1) is 25.1 Å². The molecule has 0 spiro atoms. The van der Waals surface area contributed by atoms with Crippen molar-refractivity contribution in [3.05, 3.63) is 41.2 Å². The Hall–Kier alpha value is -1.95. The summed E-state index contributed by atoms with van der Waals surface area (Å²) in [5.74, 6) is 1.33. The van der Waals surface area contributed by atoms with Gasteiger partial charge in [-0.05, 0) is 49.4 Å². The molecule has 1 aromatic carbocycles. The SMILES string of the molecule is COc1cccc(SCC(=O)N(C)Cc2n[nH]c3c2CCCCC3)c1. The predicted molar refractivity (Wildman–Crippen MR) is 100 cm³/mol. The zero-order valence-electron chi connectivity index (χ0n) is 14.9. The van der Waals surface area contributed by atoms with Gasteiger partial charge in [-0.25, -0.2) is 0 Å². The third-order valence-electron chi connectivity index (χ3n) is 4.61. The number of hydrogen-bond acceptors (Lipinski definition) is 4. The molecule has 1 N–H and O–H groups in total. The first-order chi connectivity index (χ1) is 12.2. The van der Waals surface area contributed by atoms with Gasteiger partial charge in [-0.1, -0.05) is 12.5 Å². The number of carbonyl (C=O) groups excluding carboxylic acids is 1. The summed E-state index contributed by atoms with van der Waals surface area (Å²) < 4.78 is 5.22. The van der Waals surface area contributed by atoms with Gasteiger partial charge < -0.3 is 9.64 Å². The fourth-order valence-electron chi connectivity index (χ4n) is 3.12. The van der Waals surface area contributed by atoms with Crippen LogP contribution in [-0.2, 0) is 24.2 Å². The number of aromatic amines is 1. The predicted octanol–water partition coefficient (Wildman–Crippen LogP) is 3.44. The molecule has 0 saturated heterocycles. The molecule has 134 valence electrons. The first-order valence-electron chi connectivity index (χ1n) is 8.73. The van der Waals surface area contributed by atoms with E-state index in [9.17, 15) is 4.79 Å². The molecule has 1 aliphatic rings. The van der Waals surface area contributed by atoms with E-state index in [1.165, 1.54) is 42.3 Å². The number of rotatable bonds is 6. The Balaban J connectivity index is 1.57. The average Bonchev–Trinajstić information content (AvgIpc) is 2.86. The Labute approximate surface area is 153 Å². The third-order valence-corrected chi connectivity index (χ3v) is 5.59. The van der Waals surface area contributed by atoms with E-state index in [2.05, 4.69) is 10.2 Å². The number of amides is 1. The Morgan fingerprint density at radius 3 is 3.00 bits per heavy atom. The summed E-state index contributed by atoms with van der Waals surface area (Å²) in [6, 6.07) is 7.79. The van der Waals surface area contributed by atoms with E-state index in [1.807, 2.05) is 31.3 Å². The molecule has 1 amide bonds. The number of thioether (sulfide) groups is 1. The summed E-state index contributed by atoms with van der Waals surface area (Å²) in [5.41, 5.74) is 3.62. The largest absolute Gasteiger partial charge is 0.497 e. The number of ether oxygens (including phenoxy) is 1. The summed E-state index contributed by atoms with van der Waals surface area (Å²) in [7, 11) is 3.50. The van der Waals surface area contributed by atoms with Gasteiger partial charge in [0, 0.05) is 17.6 Å². The molecule has 6 heteroatoms. The normalized spacial score (nSPS) is 13.8. The molecule has 0 aliphatic heterocycles. The van der Waals surface area contributed by atoms with Crippen LogP contribution >= 0.6 is 11.8 Å². The Morgan fingerprint density at radius 2 is 2.16 bits per heavy atom. The van der Waals surface area contributed by atoms with E-state index in [0.717, 1.165) is 29.2 Å². The lowest BCUT2D eigenvalue weighted by Crippen LogP contribution is -2.28. The van der Waals surface area contributed by atoms with Gasteiger partial charge in [0.1, 0.15) is 5.75 Å². The third kappa shape index (κ3) is 4.57. The molecule has 0 unspecified atom stereocenters. The van der Waals surface area contributed by atoms with Crippen LogP contribution in [0.2, 0.25) is 0 Å². The second kappa shape index (κ2) is 8.43. The van der Waals surface area contributed by atoms with Crippen molar-refractivity contribution in [1.82, 2.24) is 15.1 Å². The van der Waals surface area contributed by atoms with Crippen molar-refractivity contribution < 1.29 is 9.53 Å². The number of hydrogen-bond donors (Lipinski definition) is 1. The van der Waals surface area contributed by atoms with Crippen LogP contribution in [0, 0.1) is 0 Å². The molecular formula is C19H25N3O2S. The number of H-pyrrole nitrogens is 1. The molecule has 0 atom stereocenters. The second-order valence-corrected chi connectivity index (χ2v) is 7.45. The number of benzene rings is 1. The van der Waals surface area contributed by atoms with E-state index < -0.39 is 0 Å². The maximum absolute atomic E-state index is 12.5. The summed E-state index contributed by atoms with van der Waals surface area (Å²) in [5, 5.41) is 7.63. The molecule has 1 heterocycles. The smallest absolute Gasteiger partial charge is 0.233 e. The van der Waals surface area contributed by atoms with Gasteiger partial charge in [0.2, 0.25) is 5.91 Å². The highest BCUT2D eigenvalue weighted by Crippen LogP contribution is 2.24. The van der Waals surface area contributed by atoms with Crippen LogP contribution in [0.15, 0.2) is 29.2 Å². The zero-order valence-corrected chi connectivity index (χ0v) is 15.7. The van der Waals surface area contributed by atoms with Crippen molar-refractivity contribution in [1.29, 1.82) is 0 Å². The molecule has 0 bridgehead atoms. The number of nitrogens with one attached hydrogen (secondary N) is 1. The summed E-state index contributed by atoms with van der Waals surface area (Å²) in [6.07, 6.45) is 5.85. The maximum atomic E-state index is 12.5. The standard InChI is InChI=1S/C19H25N3O2S/c1-22(12-18-16-9-4-3-5-10-17(16)20-21-18)19(23)13-25-15-8-6-7-14(11-15)24-2/h6-8,11H,3-5,9-10,12-13H2,1-2H3,(H,20,21). The average molecular weight is 359 g/mol. The minimum absolute atomic E-state index is 0.109. The van der Waals surface area contributed by atoms with E-state index in [4.69, 9.17) is 4.74 Å². The lowest BCUT2D eigenvalue weighted by molar-refractivity contribution is -0.127. The van der Waals surface area contributed by atoms with E-state index in [0.29, 0.717) is 12.3 Å². The summed E-state index contributed by atoms with van der Waals surface area (Å²) in [6.45, 7) is 0.573. The van der Waals surface area contributed by atoms with Crippen molar-refractivity contribution in [3.8, 4) is 5.75 Å². The first kappa shape index (κ1) is 17.9. The number of nitrogens with zero attached hydrogens (tertiary/aromatic N) is 2. The number of carbonyl (C=O) groups is 1. The monoisotopic (exact) mass is 359 g/mol. The topological polar surface area (TPSA) is 58.2 Å².